The zero-order valence-electron chi connectivity index (χ0n) is 12.5. The molecule has 2 aromatic rings. The number of nitrogens with two attached hydrogens (primary N) is 1. The van der Waals surface area contributed by atoms with E-state index in [0.717, 1.165) is 17.9 Å². The van der Waals surface area contributed by atoms with Crippen LogP contribution in [-0.4, -0.2) is 25.0 Å². The number of nitrogen functional groups attached to an aromatic ring is 1. The molecular weight excluding hydrogens is 268 g/mol. The van der Waals surface area contributed by atoms with E-state index >= 15 is 0 Å². The van der Waals surface area contributed by atoms with Gasteiger partial charge >= 0.3 is 0 Å². The molecule has 0 saturated heterocycles. The van der Waals surface area contributed by atoms with E-state index in [1.807, 2.05) is 32.0 Å². The van der Waals surface area contributed by atoms with Crippen molar-refractivity contribution in [3.05, 3.63) is 41.6 Å². The van der Waals surface area contributed by atoms with E-state index < -0.39 is 0 Å². The second kappa shape index (κ2) is 6.30. The van der Waals surface area contributed by atoms with Crippen LogP contribution >= 0.6 is 0 Å². The fraction of sp³-hybridized carbons (Fsp3) is 0.333. The zero-order valence-corrected chi connectivity index (χ0v) is 12.5. The van der Waals surface area contributed by atoms with Gasteiger partial charge in [-0.2, -0.15) is 0 Å². The summed E-state index contributed by atoms with van der Waals surface area (Å²) in [5, 5.41) is 2.80. The molecule has 0 unspecified atom stereocenters. The summed E-state index contributed by atoms with van der Waals surface area (Å²) < 4.78 is 5.46. The standard InChI is InChI=1S/C15H20N4O2/c1-4-11-8-17-14(21-11)9-18-15(20)12-7-10(16)5-6-13(12)19(2)3/h5-8H,4,9,16H2,1-3H3,(H,18,20). The van der Waals surface area contributed by atoms with Gasteiger partial charge < -0.3 is 20.4 Å². The van der Waals surface area contributed by atoms with Gasteiger partial charge in [0.15, 0.2) is 0 Å². The Morgan fingerprint density at radius 3 is 2.81 bits per heavy atom. The number of benzene rings is 1. The van der Waals surface area contributed by atoms with Crippen LogP contribution in [0.1, 0.15) is 28.9 Å². The number of hydrogen-bond acceptors (Lipinski definition) is 5. The molecule has 2 rings (SSSR count). The molecule has 112 valence electrons. The summed E-state index contributed by atoms with van der Waals surface area (Å²) in [6, 6.07) is 5.26. The Bertz CT molecular complexity index is 634. The van der Waals surface area contributed by atoms with Crippen LogP contribution in [0.2, 0.25) is 0 Å². The van der Waals surface area contributed by atoms with Crippen LogP contribution in [-0.2, 0) is 13.0 Å². The van der Waals surface area contributed by atoms with Crippen molar-refractivity contribution in [2.24, 2.45) is 0 Å². The molecule has 21 heavy (non-hydrogen) atoms. The van der Waals surface area contributed by atoms with E-state index in [0.29, 0.717) is 17.1 Å². The molecular formula is C15H20N4O2. The van der Waals surface area contributed by atoms with E-state index in [4.69, 9.17) is 10.2 Å². The number of hydrogen-bond donors (Lipinski definition) is 2. The van der Waals surface area contributed by atoms with Crippen molar-refractivity contribution in [3.63, 3.8) is 0 Å². The Hall–Kier alpha value is -2.50. The number of carbonyl (C=O) groups is 1. The highest BCUT2D eigenvalue weighted by Crippen LogP contribution is 2.21. The lowest BCUT2D eigenvalue weighted by atomic mass is 10.1. The van der Waals surface area contributed by atoms with Crippen LogP contribution in [0.4, 0.5) is 11.4 Å². The maximum atomic E-state index is 12.3. The number of carbonyl (C=O) groups excluding carboxylic acids is 1. The number of nitrogens with zero attached hydrogens (tertiary/aromatic N) is 2. The van der Waals surface area contributed by atoms with Crippen LogP contribution in [0.25, 0.3) is 0 Å². The molecule has 0 radical (unpaired) electrons. The van der Waals surface area contributed by atoms with Gasteiger partial charge in [0.1, 0.15) is 5.76 Å². The Labute approximate surface area is 124 Å². The minimum Gasteiger partial charge on any atom is -0.444 e. The van der Waals surface area contributed by atoms with E-state index in [1.165, 1.54) is 0 Å². The maximum Gasteiger partial charge on any atom is 0.253 e. The average molecular weight is 288 g/mol. The molecule has 0 aliphatic heterocycles. The second-order valence-corrected chi connectivity index (χ2v) is 4.93. The Kier molecular flexibility index (Phi) is 4.47. The smallest absolute Gasteiger partial charge is 0.253 e. The van der Waals surface area contributed by atoms with Crippen molar-refractivity contribution in [2.45, 2.75) is 19.9 Å². The Morgan fingerprint density at radius 2 is 2.19 bits per heavy atom. The topological polar surface area (TPSA) is 84.4 Å². The van der Waals surface area contributed by atoms with Crippen LogP contribution in [0.15, 0.2) is 28.8 Å². The maximum absolute atomic E-state index is 12.3. The normalized spacial score (nSPS) is 10.4. The third kappa shape index (κ3) is 3.53. The molecule has 1 heterocycles. The van der Waals surface area contributed by atoms with Crippen molar-refractivity contribution >= 4 is 17.3 Å². The SMILES string of the molecule is CCc1cnc(CNC(=O)c2cc(N)ccc2N(C)C)o1. The van der Waals surface area contributed by atoms with Gasteiger partial charge in [0, 0.05) is 31.9 Å². The van der Waals surface area contributed by atoms with E-state index in [9.17, 15) is 4.79 Å². The molecule has 1 aromatic carbocycles. The largest absolute Gasteiger partial charge is 0.444 e. The van der Waals surface area contributed by atoms with Gasteiger partial charge in [0.25, 0.3) is 5.91 Å². The Balaban J connectivity index is 2.11. The molecule has 6 nitrogen and oxygen atoms in total. The summed E-state index contributed by atoms with van der Waals surface area (Å²) in [6.45, 7) is 2.24. The fourth-order valence-corrected chi connectivity index (χ4v) is 1.97. The summed E-state index contributed by atoms with van der Waals surface area (Å²) in [7, 11) is 3.76. The first kappa shape index (κ1) is 14.9. The van der Waals surface area contributed by atoms with Crippen LogP contribution in [0, 0.1) is 0 Å². The highest BCUT2D eigenvalue weighted by atomic mass is 16.4. The molecule has 0 saturated carbocycles. The summed E-state index contributed by atoms with van der Waals surface area (Å²) in [4.78, 5) is 18.3. The molecule has 0 spiro atoms. The van der Waals surface area contributed by atoms with Crippen molar-refractivity contribution < 1.29 is 9.21 Å². The predicted molar refractivity (Wildman–Crippen MR) is 82.2 cm³/mol. The van der Waals surface area contributed by atoms with Gasteiger partial charge in [0.2, 0.25) is 5.89 Å². The number of anilines is 2. The molecule has 1 amide bonds. The van der Waals surface area contributed by atoms with Crippen molar-refractivity contribution in [1.29, 1.82) is 0 Å². The summed E-state index contributed by atoms with van der Waals surface area (Å²) in [5.41, 5.74) is 7.65. The number of aromatic nitrogens is 1. The summed E-state index contributed by atoms with van der Waals surface area (Å²) in [5.74, 6) is 1.09. The minimum atomic E-state index is -0.206. The first-order valence-electron chi connectivity index (χ1n) is 6.80. The number of aryl methyl sites for hydroxylation is 1. The van der Waals surface area contributed by atoms with Gasteiger partial charge in [-0.15, -0.1) is 0 Å². The molecule has 0 bridgehead atoms. The highest BCUT2D eigenvalue weighted by Gasteiger charge is 2.14. The number of rotatable bonds is 5. The number of oxazole rings is 1. The van der Waals surface area contributed by atoms with Crippen LogP contribution in [0.5, 0.6) is 0 Å². The lowest BCUT2D eigenvalue weighted by Crippen LogP contribution is -2.25. The van der Waals surface area contributed by atoms with Gasteiger partial charge in [0.05, 0.1) is 18.3 Å². The minimum absolute atomic E-state index is 0.206. The molecule has 1 aromatic heterocycles. The van der Waals surface area contributed by atoms with E-state index in [1.54, 1.807) is 18.3 Å². The monoisotopic (exact) mass is 288 g/mol. The van der Waals surface area contributed by atoms with Crippen molar-refractivity contribution in [3.8, 4) is 0 Å². The molecule has 0 atom stereocenters. The third-order valence-electron chi connectivity index (χ3n) is 3.10. The van der Waals surface area contributed by atoms with Crippen molar-refractivity contribution in [1.82, 2.24) is 10.3 Å². The summed E-state index contributed by atoms with van der Waals surface area (Å²) in [6.07, 6.45) is 2.45. The lowest BCUT2D eigenvalue weighted by Gasteiger charge is -2.17. The molecule has 3 N–H and O–H groups in total. The third-order valence-corrected chi connectivity index (χ3v) is 3.10. The Morgan fingerprint density at radius 1 is 1.43 bits per heavy atom. The van der Waals surface area contributed by atoms with Gasteiger partial charge in [-0.3, -0.25) is 4.79 Å². The lowest BCUT2D eigenvalue weighted by molar-refractivity contribution is 0.0947. The van der Waals surface area contributed by atoms with Gasteiger partial charge in [-0.05, 0) is 18.2 Å². The second-order valence-electron chi connectivity index (χ2n) is 4.93. The van der Waals surface area contributed by atoms with Crippen LogP contribution in [0.3, 0.4) is 0 Å². The van der Waals surface area contributed by atoms with Crippen molar-refractivity contribution in [2.75, 3.05) is 24.7 Å². The quantitative estimate of drug-likeness (QED) is 0.820. The molecule has 0 aliphatic carbocycles. The zero-order chi connectivity index (χ0) is 15.4. The molecule has 6 heteroatoms. The highest BCUT2D eigenvalue weighted by molar-refractivity contribution is 6.00. The average Bonchev–Trinajstić information content (AvgIpc) is 2.92. The van der Waals surface area contributed by atoms with Crippen LogP contribution < -0.4 is 16.0 Å². The first-order chi connectivity index (χ1) is 10.0. The number of amides is 1. The number of nitrogens with one attached hydrogen (secondary N) is 1. The summed E-state index contributed by atoms with van der Waals surface area (Å²) >= 11 is 0. The molecule has 0 fully saturated rings. The van der Waals surface area contributed by atoms with Gasteiger partial charge in [-0.25, -0.2) is 4.98 Å². The predicted octanol–water partition coefficient (Wildman–Crippen LogP) is 1.82. The van der Waals surface area contributed by atoms with E-state index in [2.05, 4.69) is 10.3 Å². The molecule has 0 aliphatic rings. The first-order valence-corrected chi connectivity index (χ1v) is 6.80. The van der Waals surface area contributed by atoms with E-state index in [-0.39, 0.29) is 12.5 Å². The fourth-order valence-electron chi connectivity index (χ4n) is 1.97. The van der Waals surface area contributed by atoms with Gasteiger partial charge in [-0.1, -0.05) is 6.92 Å².